The molecule has 0 radical (unpaired) electrons. The van der Waals surface area contributed by atoms with Crippen molar-refractivity contribution in [2.24, 2.45) is 0 Å². The Morgan fingerprint density at radius 3 is 2.73 bits per heavy atom. The number of hydrogen-bond donors (Lipinski definition) is 0. The predicted octanol–water partition coefficient (Wildman–Crippen LogP) is 2.09. The molecule has 0 N–H and O–H groups in total. The maximum atomic E-state index is 12.8. The van der Waals surface area contributed by atoms with Crippen LogP contribution >= 0.6 is 11.3 Å². The molecule has 0 spiro atoms. The summed E-state index contributed by atoms with van der Waals surface area (Å²) in [5.41, 5.74) is 2.23. The van der Waals surface area contributed by atoms with E-state index in [1.165, 1.54) is 0 Å². The molecule has 7 nitrogen and oxygen atoms in total. The van der Waals surface area contributed by atoms with E-state index in [4.69, 9.17) is 0 Å². The van der Waals surface area contributed by atoms with E-state index in [1.54, 1.807) is 28.4 Å². The van der Waals surface area contributed by atoms with Gasteiger partial charge in [0.1, 0.15) is 0 Å². The molecule has 0 unspecified atom stereocenters. The van der Waals surface area contributed by atoms with E-state index in [2.05, 4.69) is 27.0 Å². The van der Waals surface area contributed by atoms with Crippen LogP contribution in [0.3, 0.4) is 0 Å². The standard InChI is InChI=1S/C18H20N6OS/c1-13-14(17(25)23-9-7-22(2)8-10-23)12-20-24(13)18-19-6-5-15(21-18)16-4-3-11-26-16/h3-6,11-12H,7-10H2,1-2H3. The lowest BCUT2D eigenvalue weighted by atomic mass is 10.2. The average Bonchev–Trinajstić information content (AvgIpc) is 3.32. The molecule has 1 aliphatic heterocycles. The van der Waals surface area contributed by atoms with Crippen LogP contribution in [0.5, 0.6) is 0 Å². The Morgan fingerprint density at radius 1 is 1.19 bits per heavy atom. The largest absolute Gasteiger partial charge is 0.336 e. The maximum Gasteiger partial charge on any atom is 0.257 e. The second-order valence-corrected chi connectivity index (χ2v) is 7.32. The minimum atomic E-state index is 0.0243. The van der Waals surface area contributed by atoms with E-state index in [-0.39, 0.29) is 5.91 Å². The van der Waals surface area contributed by atoms with Crippen LogP contribution in [0.4, 0.5) is 0 Å². The molecule has 4 rings (SSSR count). The second kappa shape index (κ2) is 6.97. The molecule has 0 saturated carbocycles. The highest BCUT2D eigenvalue weighted by molar-refractivity contribution is 7.13. The normalized spacial score (nSPS) is 15.4. The molecule has 0 aromatic carbocycles. The first-order valence-corrected chi connectivity index (χ1v) is 9.41. The Bertz CT molecular complexity index is 912. The molecular formula is C18H20N6OS. The van der Waals surface area contributed by atoms with Gasteiger partial charge in [0, 0.05) is 32.4 Å². The minimum absolute atomic E-state index is 0.0243. The Morgan fingerprint density at radius 2 is 2.00 bits per heavy atom. The number of amides is 1. The molecule has 4 heterocycles. The number of thiophene rings is 1. The molecule has 8 heteroatoms. The van der Waals surface area contributed by atoms with Crippen molar-refractivity contribution >= 4 is 17.2 Å². The molecule has 26 heavy (non-hydrogen) atoms. The zero-order valence-electron chi connectivity index (χ0n) is 14.8. The highest BCUT2D eigenvalue weighted by atomic mass is 32.1. The van der Waals surface area contributed by atoms with Crippen molar-refractivity contribution in [1.29, 1.82) is 0 Å². The lowest BCUT2D eigenvalue weighted by Crippen LogP contribution is -2.47. The quantitative estimate of drug-likeness (QED) is 0.708. The number of rotatable bonds is 3. The third-order valence-corrected chi connectivity index (χ3v) is 5.53. The van der Waals surface area contributed by atoms with Crippen molar-refractivity contribution in [3.05, 3.63) is 47.2 Å². The average molecular weight is 368 g/mol. The fraction of sp³-hybridized carbons (Fsp3) is 0.333. The summed E-state index contributed by atoms with van der Waals surface area (Å²) in [4.78, 5) is 27.0. The first-order valence-electron chi connectivity index (χ1n) is 8.53. The molecule has 1 saturated heterocycles. The molecule has 3 aromatic rings. The molecule has 0 atom stereocenters. The van der Waals surface area contributed by atoms with Crippen LogP contribution in [0.15, 0.2) is 36.0 Å². The molecular weight excluding hydrogens is 348 g/mol. The molecule has 1 fully saturated rings. The van der Waals surface area contributed by atoms with Crippen LogP contribution in [0.1, 0.15) is 16.1 Å². The van der Waals surface area contributed by atoms with Crippen molar-refractivity contribution in [3.63, 3.8) is 0 Å². The number of likely N-dealkylation sites (N-methyl/N-ethyl adjacent to an activating group) is 1. The van der Waals surface area contributed by atoms with E-state index >= 15 is 0 Å². The predicted molar refractivity (Wildman–Crippen MR) is 101 cm³/mol. The van der Waals surface area contributed by atoms with Crippen LogP contribution < -0.4 is 0 Å². The summed E-state index contributed by atoms with van der Waals surface area (Å²) < 4.78 is 1.64. The molecule has 134 valence electrons. The third-order valence-electron chi connectivity index (χ3n) is 4.64. The Labute approximate surface area is 155 Å². The molecule has 1 aliphatic rings. The van der Waals surface area contributed by atoms with E-state index in [0.717, 1.165) is 42.4 Å². The summed E-state index contributed by atoms with van der Waals surface area (Å²) in [5, 5.41) is 6.39. The summed E-state index contributed by atoms with van der Waals surface area (Å²) in [7, 11) is 2.07. The zero-order chi connectivity index (χ0) is 18.1. The van der Waals surface area contributed by atoms with Gasteiger partial charge in [-0.1, -0.05) is 6.07 Å². The van der Waals surface area contributed by atoms with Crippen molar-refractivity contribution in [1.82, 2.24) is 29.5 Å². The van der Waals surface area contributed by atoms with Crippen molar-refractivity contribution < 1.29 is 4.79 Å². The van der Waals surface area contributed by atoms with Crippen LogP contribution in [0.25, 0.3) is 16.5 Å². The topological polar surface area (TPSA) is 67.2 Å². The van der Waals surface area contributed by atoms with E-state index in [9.17, 15) is 4.79 Å². The fourth-order valence-corrected chi connectivity index (χ4v) is 3.71. The second-order valence-electron chi connectivity index (χ2n) is 6.37. The SMILES string of the molecule is Cc1c(C(=O)N2CCN(C)CC2)cnn1-c1nccc(-c2cccs2)n1. The van der Waals surface area contributed by atoms with Gasteiger partial charge in [-0.3, -0.25) is 4.79 Å². The van der Waals surface area contributed by atoms with Crippen molar-refractivity contribution in [2.45, 2.75) is 6.92 Å². The molecule has 0 bridgehead atoms. The van der Waals surface area contributed by atoms with Gasteiger partial charge >= 0.3 is 0 Å². The van der Waals surface area contributed by atoms with Gasteiger partial charge in [0.15, 0.2) is 0 Å². The first kappa shape index (κ1) is 16.9. The number of hydrogen-bond acceptors (Lipinski definition) is 6. The maximum absolute atomic E-state index is 12.8. The van der Waals surface area contributed by atoms with Gasteiger partial charge in [-0.05, 0) is 31.5 Å². The lowest BCUT2D eigenvalue weighted by molar-refractivity contribution is 0.0663. The van der Waals surface area contributed by atoms with Gasteiger partial charge in [0.05, 0.1) is 28.0 Å². The minimum Gasteiger partial charge on any atom is -0.336 e. The Kier molecular flexibility index (Phi) is 4.52. The lowest BCUT2D eigenvalue weighted by Gasteiger charge is -2.32. The van der Waals surface area contributed by atoms with Gasteiger partial charge in [-0.25, -0.2) is 14.6 Å². The first-order chi connectivity index (χ1) is 12.6. The monoisotopic (exact) mass is 368 g/mol. The fourth-order valence-electron chi connectivity index (χ4n) is 3.01. The third kappa shape index (κ3) is 3.13. The van der Waals surface area contributed by atoms with Crippen molar-refractivity contribution in [3.8, 4) is 16.5 Å². The number of carbonyl (C=O) groups excluding carboxylic acids is 1. The molecule has 3 aromatic heterocycles. The molecule has 0 aliphatic carbocycles. The summed E-state index contributed by atoms with van der Waals surface area (Å²) in [5.74, 6) is 0.502. The summed E-state index contributed by atoms with van der Waals surface area (Å²) in [6, 6.07) is 5.90. The summed E-state index contributed by atoms with van der Waals surface area (Å²) >= 11 is 1.63. The Hall–Kier alpha value is -2.58. The van der Waals surface area contributed by atoms with Crippen LogP contribution in [-0.2, 0) is 0 Å². The van der Waals surface area contributed by atoms with E-state index in [1.807, 2.05) is 35.4 Å². The van der Waals surface area contributed by atoms with E-state index in [0.29, 0.717) is 11.5 Å². The molecule has 1 amide bonds. The van der Waals surface area contributed by atoms with Gasteiger partial charge in [0.25, 0.3) is 11.9 Å². The van der Waals surface area contributed by atoms with Gasteiger partial charge in [0.2, 0.25) is 0 Å². The number of aromatic nitrogens is 4. The number of carbonyl (C=O) groups is 1. The highest BCUT2D eigenvalue weighted by Crippen LogP contribution is 2.23. The van der Waals surface area contributed by atoms with Crippen LogP contribution in [0.2, 0.25) is 0 Å². The van der Waals surface area contributed by atoms with Crippen LogP contribution in [0, 0.1) is 6.92 Å². The summed E-state index contributed by atoms with van der Waals surface area (Å²) in [6.07, 6.45) is 3.34. The van der Waals surface area contributed by atoms with Gasteiger partial charge in [-0.2, -0.15) is 5.10 Å². The highest BCUT2D eigenvalue weighted by Gasteiger charge is 2.24. The number of nitrogens with zero attached hydrogens (tertiary/aromatic N) is 6. The van der Waals surface area contributed by atoms with E-state index < -0.39 is 0 Å². The summed E-state index contributed by atoms with van der Waals surface area (Å²) in [6.45, 7) is 5.15. The van der Waals surface area contributed by atoms with Gasteiger partial charge < -0.3 is 9.80 Å². The number of piperazine rings is 1. The zero-order valence-corrected chi connectivity index (χ0v) is 15.6. The van der Waals surface area contributed by atoms with Crippen LogP contribution in [-0.4, -0.2) is 68.7 Å². The smallest absolute Gasteiger partial charge is 0.257 e. The van der Waals surface area contributed by atoms with Gasteiger partial charge in [-0.15, -0.1) is 11.3 Å². The Balaban J connectivity index is 1.62. The van der Waals surface area contributed by atoms with Crippen molar-refractivity contribution in [2.75, 3.05) is 33.2 Å².